The second kappa shape index (κ2) is 4.73. The van der Waals surface area contributed by atoms with E-state index >= 15 is 0 Å². The van der Waals surface area contributed by atoms with Crippen molar-refractivity contribution >= 4 is 11.6 Å². The maximum atomic E-state index is 11.6. The lowest BCUT2D eigenvalue weighted by molar-refractivity contribution is -0.125. The lowest BCUT2D eigenvalue weighted by Crippen LogP contribution is -2.49. The van der Waals surface area contributed by atoms with Crippen LogP contribution in [-0.2, 0) is 11.2 Å². The molecule has 0 saturated carbocycles. The third kappa shape index (κ3) is 2.65. The van der Waals surface area contributed by atoms with Gasteiger partial charge < -0.3 is 11.1 Å². The molecule has 0 saturated heterocycles. The third-order valence-electron chi connectivity index (χ3n) is 2.60. The molecule has 0 aliphatic rings. The van der Waals surface area contributed by atoms with Gasteiger partial charge in [0.05, 0.1) is 5.54 Å². The Morgan fingerprint density at radius 1 is 1.44 bits per heavy atom. The van der Waals surface area contributed by atoms with Crippen molar-refractivity contribution in [3.05, 3.63) is 30.2 Å². The zero-order valence-electron chi connectivity index (χ0n) is 10.6. The fourth-order valence-corrected chi connectivity index (χ4v) is 1.58. The molecule has 2 aromatic rings. The highest BCUT2D eigenvalue weighted by Crippen LogP contribution is 2.03. The summed E-state index contributed by atoms with van der Waals surface area (Å²) >= 11 is 0. The number of fused-ring (bicyclic) bond motifs is 1. The lowest BCUT2D eigenvalue weighted by Gasteiger charge is -2.17. The molecule has 0 aromatic carbocycles. The Morgan fingerprint density at radius 3 is 2.94 bits per heavy atom. The Morgan fingerprint density at radius 2 is 2.22 bits per heavy atom. The number of amides is 1. The summed E-state index contributed by atoms with van der Waals surface area (Å²) in [5.74, 6) is 0.650. The topological polar surface area (TPSA) is 85.3 Å². The largest absolute Gasteiger partial charge is 0.354 e. The number of nitrogens with one attached hydrogen (secondary N) is 1. The number of pyridine rings is 1. The maximum absolute atomic E-state index is 11.6. The van der Waals surface area contributed by atoms with Gasteiger partial charge >= 0.3 is 0 Å². The van der Waals surface area contributed by atoms with Gasteiger partial charge in [-0.05, 0) is 26.0 Å². The van der Waals surface area contributed by atoms with Crippen LogP contribution in [-0.4, -0.2) is 32.6 Å². The number of hydrogen-bond acceptors (Lipinski definition) is 4. The van der Waals surface area contributed by atoms with Gasteiger partial charge in [-0.2, -0.15) is 0 Å². The van der Waals surface area contributed by atoms with Crippen LogP contribution in [0.4, 0.5) is 0 Å². The second-order valence-electron chi connectivity index (χ2n) is 4.77. The predicted molar refractivity (Wildman–Crippen MR) is 68.0 cm³/mol. The SMILES string of the molecule is CC(C)(N)C(=O)NCCc1nnc2ccccn12. The molecule has 0 radical (unpaired) electrons. The minimum Gasteiger partial charge on any atom is -0.354 e. The van der Waals surface area contributed by atoms with Crippen LogP contribution in [0.2, 0.25) is 0 Å². The van der Waals surface area contributed by atoms with E-state index in [1.807, 2.05) is 28.8 Å². The van der Waals surface area contributed by atoms with Gasteiger partial charge in [0.25, 0.3) is 0 Å². The Kier molecular flexibility index (Phi) is 3.29. The van der Waals surface area contributed by atoms with Crippen molar-refractivity contribution in [2.75, 3.05) is 6.54 Å². The van der Waals surface area contributed by atoms with Crippen molar-refractivity contribution in [3.8, 4) is 0 Å². The van der Waals surface area contributed by atoms with E-state index in [1.165, 1.54) is 0 Å². The van der Waals surface area contributed by atoms with E-state index in [2.05, 4.69) is 15.5 Å². The smallest absolute Gasteiger partial charge is 0.239 e. The van der Waals surface area contributed by atoms with Gasteiger partial charge in [0.1, 0.15) is 5.82 Å². The maximum Gasteiger partial charge on any atom is 0.239 e. The van der Waals surface area contributed by atoms with E-state index in [0.29, 0.717) is 13.0 Å². The van der Waals surface area contributed by atoms with Gasteiger partial charge in [0, 0.05) is 19.2 Å². The number of aromatic nitrogens is 3. The Labute approximate surface area is 105 Å². The van der Waals surface area contributed by atoms with Gasteiger partial charge in [-0.25, -0.2) is 0 Å². The molecule has 1 amide bonds. The molecule has 2 aromatic heterocycles. The molecule has 0 aliphatic carbocycles. The third-order valence-corrected chi connectivity index (χ3v) is 2.60. The fraction of sp³-hybridized carbons (Fsp3) is 0.417. The van der Waals surface area contributed by atoms with Crippen molar-refractivity contribution in [2.24, 2.45) is 5.73 Å². The lowest BCUT2D eigenvalue weighted by atomic mass is 10.1. The highest BCUT2D eigenvalue weighted by atomic mass is 16.2. The molecular weight excluding hydrogens is 230 g/mol. The monoisotopic (exact) mass is 247 g/mol. The first-order valence-corrected chi connectivity index (χ1v) is 5.84. The molecular formula is C12H17N5O. The van der Waals surface area contributed by atoms with Crippen LogP contribution >= 0.6 is 0 Å². The fourth-order valence-electron chi connectivity index (χ4n) is 1.58. The van der Waals surface area contributed by atoms with Crippen LogP contribution < -0.4 is 11.1 Å². The average Bonchev–Trinajstić information content (AvgIpc) is 2.71. The number of nitrogens with two attached hydrogens (primary N) is 1. The summed E-state index contributed by atoms with van der Waals surface area (Å²) in [6.45, 7) is 3.85. The molecule has 0 atom stereocenters. The van der Waals surface area contributed by atoms with Gasteiger partial charge in [0.2, 0.25) is 5.91 Å². The highest BCUT2D eigenvalue weighted by molar-refractivity contribution is 5.84. The summed E-state index contributed by atoms with van der Waals surface area (Å²) in [5, 5.41) is 10.9. The summed E-state index contributed by atoms with van der Waals surface area (Å²) in [4.78, 5) is 11.6. The molecule has 2 rings (SSSR count). The zero-order chi connectivity index (χ0) is 13.2. The van der Waals surface area contributed by atoms with Crippen molar-refractivity contribution < 1.29 is 4.79 Å². The van der Waals surface area contributed by atoms with Crippen molar-refractivity contribution in [2.45, 2.75) is 25.8 Å². The van der Waals surface area contributed by atoms with Crippen LogP contribution in [0.3, 0.4) is 0 Å². The number of hydrogen-bond donors (Lipinski definition) is 2. The van der Waals surface area contributed by atoms with E-state index in [4.69, 9.17) is 5.73 Å². The minimum absolute atomic E-state index is 0.170. The van der Waals surface area contributed by atoms with E-state index in [9.17, 15) is 4.79 Å². The zero-order valence-corrected chi connectivity index (χ0v) is 10.6. The number of carbonyl (C=O) groups is 1. The van der Waals surface area contributed by atoms with E-state index < -0.39 is 5.54 Å². The van der Waals surface area contributed by atoms with Gasteiger partial charge in [-0.15, -0.1) is 10.2 Å². The summed E-state index contributed by atoms with van der Waals surface area (Å²) in [7, 11) is 0. The molecule has 0 aliphatic heterocycles. The van der Waals surface area contributed by atoms with Crippen LogP contribution in [0.1, 0.15) is 19.7 Å². The van der Waals surface area contributed by atoms with Crippen molar-refractivity contribution in [3.63, 3.8) is 0 Å². The normalized spacial score (nSPS) is 11.7. The molecule has 18 heavy (non-hydrogen) atoms. The van der Waals surface area contributed by atoms with Crippen LogP contribution in [0.5, 0.6) is 0 Å². The predicted octanol–water partition coefficient (Wildman–Crippen LogP) is 0.125. The average molecular weight is 247 g/mol. The quantitative estimate of drug-likeness (QED) is 0.804. The van der Waals surface area contributed by atoms with Gasteiger partial charge in [-0.3, -0.25) is 9.20 Å². The van der Waals surface area contributed by atoms with Crippen LogP contribution in [0.25, 0.3) is 5.65 Å². The van der Waals surface area contributed by atoms with Crippen LogP contribution in [0, 0.1) is 0 Å². The number of carbonyl (C=O) groups excluding carboxylic acids is 1. The van der Waals surface area contributed by atoms with Gasteiger partial charge in [-0.1, -0.05) is 6.07 Å². The number of nitrogens with zero attached hydrogens (tertiary/aromatic N) is 3. The van der Waals surface area contributed by atoms with Crippen molar-refractivity contribution in [1.82, 2.24) is 19.9 Å². The molecule has 6 heteroatoms. The highest BCUT2D eigenvalue weighted by Gasteiger charge is 2.21. The minimum atomic E-state index is -0.854. The van der Waals surface area contributed by atoms with Gasteiger partial charge in [0.15, 0.2) is 5.65 Å². The van der Waals surface area contributed by atoms with Crippen molar-refractivity contribution in [1.29, 1.82) is 0 Å². The summed E-state index contributed by atoms with van der Waals surface area (Å²) in [5.41, 5.74) is 5.63. The summed E-state index contributed by atoms with van der Waals surface area (Å²) < 4.78 is 1.90. The van der Waals surface area contributed by atoms with E-state index in [-0.39, 0.29) is 5.91 Å². The van der Waals surface area contributed by atoms with E-state index in [0.717, 1.165) is 11.5 Å². The second-order valence-corrected chi connectivity index (χ2v) is 4.77. The molecule has 0 unspecified atom stereocenters. The molecule has 3 N–H and O–H groups in total. The molecule has 0 bridgehead atoms. The first-order valence-electron chi connectivity index (χ1n) is 5.84. The molecule has 0 spiro atoms. The molecule has 2 heterocycles. The Bertz CT molecular complexity index is 555. The van der Waals surface area contributed by atoms with Crippen LogP contribution in [0.15, 0.2) is 24.4 Å². The summed E-state index contributed by atoms with van der Waals surface area (Å²) in [6.07, 6.45) is 2.52. The summed E-state index contributed by atoms with van der Waals surface area (Å²) in [6, 6.07) is 5.71. The first-order chi connectivity index (χ1) is 8.48. The Hall–Kier alpha value is -1.95. The number of rotatable bonds is 4. The van der Waals surface area contributed by atoms with E-state index in [1.54, 1.807) is 13.8 Å². The molecule has 6 nitrogen and oxygen atoms in total. The molecule has 0 fully saturated rings. The Balaban J connectivity index is 1.97. The first kappa shape index (κ1) is 12.5. The molecule has 96 valence electrons. The standard InChI is InChI=1S/C12H17N5O/c1-12(2,13)11(18)14-7-6-10-16-15-9-5-3-4-8-17(9)10/h3-5,8H,6-7,13H2,1-2H3,(H,14,18).